The molecule has 92 valence electrons. The Hall–Kier alpha value is -1.81. The van der Waals surface area contributed by atoms with Crippen molar-refractivity contribution in [3.05, 3.63) is 41.2 Å². The highest BCUT2D eigenvalue weighted by atomic mass is 35.5. The van der Waals surface area contributed by atoms with Crippen molar-refractivity contribution < 1.29 is 4.42 Å². The number of benzene rings is 1. The number of hydrogen-bond acceptors (Lipinski definition) is 4. The van der Waals surface area contributed by atoms with E-state index in [4.69, 9.17) is 16.0 Å². The fourth-order valence-electron chi connectivity index (χ4n) is 2.00. The van der Waals surface area contributed by atoms with Crippen LogP contribution in [0.1, 0.15) is 5.56 Å². The van der Waals surface area contributed by atoms with Crippen molar-refractivity contribution in [2.45, 2.75) is 6.42 Å². The van der Waals surface area contributed by atoms with E-state index in [0.717, 1.165) is 36.5 Å². The molecule has 1 aliphatic heterocycles. The predicted octanol–water partition coefficient (Wildman–Crippen LogP) is 2.54. The smallest absolute Gasteiger partial charge is 0.226 e. The number of hydrogen-bond donors (Lipinski definition) is 1. The molecule has 0 atom stereocenters. The normalized spacial score (nSPS) is 14.4. The van der Waals surface area contributed by atoms with Crippen molar-refractivity contribution in [1.82, 2.24) is 10.3 Å². The first kappa shape index (κ1) is 11.3. The quantitative estimate of drug-likeness (QED) is 0.924. The topological polar surface area (TPSA) is 50.4 Å². The Labute approximate surface area is 110 Å². The first-order valence-corrected chi connectivity index (χ1v) is 6.16. The van der Waals surface area contributed by atoms with Gasteiger partial charge in [0.2, 0.25) is 5.89 Å². The first-order chi connectivity index (χ1) is 8.83. The van der Waals surface area contributed by atoms with E-state index < -0.39 is 0 Å². The highest BCUT2D eigenvalue weighted by Crippen LogP contribution is 2.26. The van der Waals surface area contributed by atoms with Gasteiger partial charge in [-0.25, -0.2) is 4.98 Å². The Morgan fingerprint density at radius 2 is 2.33 bits per heavy atom. The number of oxazole rings is 1. The number of nitrogens with one attached hydrogen (secondary N) is 1. The Bertz CT molecular complexity index is 578. The minimum absolute atomic E-state index is 0.589. The molecule has 0 bridgehead atoms. The second-order valence-corrected chi connectivity index (χ2v) is 4.51. The van der Waals surface area contributed by atoms with Gasteiger partial charge in [0.05, 0.1) is 12.7 Å². The van der Waals surface area contributed by atoms with E-state index in [1.165, 1.54) is 0 Å². The van der Waals surface area contributed by atoms with Crippen LogP contribution in [0.2, 0.25) is 5.02 Å². The third kappa shape index (κ3) is 2.24. The molecule has 2 aromatic rings. The minimum atomic E-state index is 0.589. The number of aromatic nitrogens is 1. The summed E-state index contributed by atoms with van der Waals surface area (Å²) < 4.78 is 5.35. The molecule has 4 nitrogen and oxygen atoms in total. The maximum Gasteiger partial charge on any atom is 0.226 e. The molecule has 1 aliphatic rings. The van der Waals surface area contributed by atoms with Crippen LogP contribution in [0.15, 0.2) is 40.1 Å². The van der Waals surface area contributed by atoms with Gasteiger partial charge < -0.3 is 9.73 Å². The lowest BCUT2D eigenvalue weighted by Gasteiger charge is -2.08. The molecule has 0 spiro atoms. The van der Waals surface area contributed by atoms with Gasteiger partial charge in [0, 0.05) is 23.6 Å². The Kier molecular flexibility index (Phi) is 3.02. The second kappa shape index (κ2) is 4.82. The Balaban J connectivity index is 1.98. The summed E-state index contributed by atoms with van der Waals surface area (Å²) in [7, 11) is 0. The molecule has 2 heterocycles. The third-order valence-electron chi connectivity index (χ3n) is 2.84. The van der Waals surface area contributed by atoms with Crippen molar-refractivity contribution in [3.8, 4) is 11.5 Å². The summed E-state index contributed by atoms with van der Waals surface area (Å²) in [4.78, 5) is 8.57. The van der Waals surface area contributed by atoms with Gasteiger partial charge in [-0.3, -0.25) is 4.99 Å². The van der Waals surface area contributed by atoms with E-state index in [9.17, 15) is 0 Å². The van der Waals surface area contributed by atoms with E-state index in [1.807, 2.05) is 18.2 Å². The zero-order valence-corrected chi connectivity index (χ0v) is 10.4. The number of nitrogens with zero attached hydrogens (tertiary/aromatic N) is 2. The number of rotatable bonds is 3. The van der Waals surface area contributed by atoms with E-state index in [1.54, 1.807) is 12.5 Å². The fraction of sp³-hybridized carbons (Fsp3) is 0.231. The van der Waals surface area contributed by atoms with Crippen LogP contribution in [-0.4, -0.2) is 23.9 Å². The summed E-state index contributed by atoms with van der Waals surface area (Å²) in [5, 5.41) is 3.93. The molecule has 0 radical (unpaired) electrons. The fourth-order valence-corrected chi connectivity index (χ4v) is 2.18. The number of amidine groups is 1. The largest absolute Gasteiger partial charge is 0.445 e. The minimum Gasteiger partial charge on any atom is -0.445 e. The average Bonchev–Trinajstić information content (AvgIpc) is 3.04. The van der Waals surface area contributed by atoms with Gasteiger partial charge in [-0.2, -0.15) is 0 Å². The van der Waals surface area contributed by atoms with Crippen LogP contribution >= 0.6 is 11.6 Å². The van der Waals surface area contributed by atoms with Crippen LogP contribution in [0, 0.1) is 0 Å². The van der Waals surface area contributed by atoms with Crippen molar-refractivity contribution in [3.63, 3.8) is 0 Å². The lowest BCUT2D eigenvalue weighted by Crippen LogP contribution is -2.20. The van der Waals surface area contributed by atoms with Crippen molar-refractivity contribution in [1.29, 1.82) is 0 Å². The van der Waals surface area contributed by atoms with Crippen LogP contribution in [0.3, 0.4) is 0 Å². The summed E-state index contributed by atoms with van der Waals surface area (Å²) in [6.45, 7) is 1.76. The van der Waals surface area contributed by atoms with Crippen LogP contribution < -0.4 is 5.32 Å². The van der Waals surface area contributed by atoms with E-state index >= 15 is 0 Å². The van der Waals surface area contributed by atoms with Crippen LogP contribution in [0.4, 0.5) is 0 Å². The zero-order chi connectivity index (χ0) is 12.4. The molecule has 0 saturated carbocycles. The molecular formula is C13H12ClN3O. The Morgan fingerprint density at radius 1 is 1.39 bits per heavy atom. The lowest BCUT2D eigenvalue weighted by molar-refractivity contribution is 0.574. The van der Waals surface area contributed by atoms with E-state index in [2.05, 4.69) is 15.3 Å². The van der Waals surface area contributed by atoms with Gasteiger partial charge in [-0.1, -0.05) is 17.7 Å². The summed E-state index contributed by atoms with van der Waals surface area (Å²) in [6.07, 6.45) is 3.94. The van der Waals surface area contributed by atoms with Gasteiger partial charge in [-0.05, 0) is 17.7 Å². The third-order valence-corrected chi connectivity index (χ3v) is 3.07. The molecule has 1 aromatic carbocycles. The lowest BCUT2D eigenvalue weighted by atomic mass is 10.0. The molecule has 0 unspecified atom stereocenters. The highest BCUT2D eigenvalue weighted by Gasteiger charge is 2.13. The molecule has 0 aliphatic carbocycles. The molecule has 5 heteroatoms. The van der Waals surface area contributed by atoms with Gasteiger partial charge in [-0.15, -0.1) is 0 Å². The standard InChI is InChI=1S/C13H12ClN3O/c14-10-2-1-9(7-12-15-3-4-16-12)11(8-10)13-17-5-6-18-13/h1-2,5-6,8H,3-4,7H2,(H,15,16). The highest BCUT2D eigenvalue weighted by molar-refractivity contribution is 6.30. The molecule has 0 saturated heterocycles. The SMILES string of the molecule is Clc1ccc(CC2=NCCN2)c(-c2ncco2)c1. The number of aliphatic imine (C=N–C) groups is 1. The maximum absolute atomic E-state index is 6.04. The second-order valence-electron chi connectivity index (χ2n) is 4.07. The van der Waals surface area contributed by atoms with Gasteiger partial charge in [0.15, 0.2) is 0 Å². The molecule has 18 heavy (non-hydrogen) atoms. The molecule has 0 amide bonds. The number of halogens is 1. The van der Waals surface area contributed by atoms with E-state index in [0.29, 0.717) is 10.9 Å². The summed E-state index contributed by atoms with van der Waals surface area (Å²) in [6, 6.07) is 5.74. The maximum atomic E-state index is 6.04. The summed E-state index contributed by atoms with van der Waals surface area (Å²) in [5.41, 5.74) is 2.03. The molecule has 0 fully saturated rings. The summed E-state index contributed by atoms with van der Waals surface area (Å²) in [5.74, 6) is 1.59. The average molecular weight is 262 g/mol. The molecule has 1 aromatic heterocycles. The van der Waals surface area contributed by atoms with E-state index in [-0.39, 0.29) is 0 Å². The predicted molar refractivity (Wildman–Crippen MR) is 71.0 cm³/mol. The molecule has 3 rings (SSSR count). The van der Waals surface area contributed by atoms with Crippen molar-refractivity contribution in [2.24, 2.45) is 4.99 Å². The van der Waals surface area contributed by atoms with Crippen molar-refractivity contribution >= 4 is 17.4 Å². The van der Waals surface area contributed by atoms with Crippen LogP contribution in [0.5, 0.6) is 0 Å². The molecule has 1 N–H and O–H groups in total. The first-order valence-electron chi connectivity index (χ1n) is 5.78. The van der Waals surface area contributed by atoms with Gasteiger partial charge >= 0.3 is 0 Å². The van der Waals surface area contributed by atoms with Gasteiger partial charge in [0.1, 0.15) is 12.1 Å². The van der Waals surface area contributed by atoms with Crippen LogP contribution in [0.25, 0.3) is 11.5 Å². The zero-order valence-electron chi connectivity index (χ0n) is 9.69. The van der Waals surface area contributed by atoms with Crippen molar-refractivity contribution in [2.75, 3.05) is 13.1 Å². The Morgan fingerprint density at radius 3 is 3.06 bits per heavy atom. The summed E-state index contributed by atoms with van der Waals surface area (Å²) >= 11 is 6.04. The monoisotopic (exact) mass is 261 g/mol. The van der Waals surface area contributed by atoms with Gasteiger partial charge in [0.25, 0.3) is 0 Å². The van der Waals surface area contributed by atoms with Crippen LogP contribution in [-0.2, 0) is 6.42 Å². The molecular weight excluding hydrogens is 250 g/mol.